The van der Waals surface area contributed by atoms with Gasteiger partial charge in [0.15, 0.2) is 29.5 Å². The fourth-order valence-electron chi connectivity index (χ4n) is 5.07. The molecule has 0 N–H and O–H groups in total. The maximum Gasteiger partial charge on any atom is 0.416 e. The van der Waals surface area contributed by atoms with Crippen LogP contribution >= 0.6 is 0 Å². The van der Waals surface area contributed by atoms with Crippen molar-refractivity contribution >= 4 is 35.4 Å². The van der Waals surface area contributed by atoms with Crippen LogP contribution in [0, 0.1) is 5.92 Å². The number of carbonyl (C=O) groups excluding carboxylic acids is 1. The zero-order valence-electron chi connectivity index (χ0n) is 23.4. The average Bonchev–Trinajstić information content (AvgIpc) is 3.70. The molecule has 0 radical (unpaired) electrons. The van der Waals surface area contributed by atoms with Gasteiger partial charge < -0.3 is 9.64 Å². The molecule has 2 aromatic rings. The smallest absolute Gasteiger partial charge is 0.416 e. The summed E-state index contributed by atoms with van der Waals surface area (Å²) in [6.45, 7) is 2.90. The van der Waals surface area contributed by atoms with Gasteiger partial charge in [-0.3, -0.25) is 4.79 Å². The van der Waals surface area contributed by atoms with Gasteiger partial charge in [0, 0.05) is 31.7 Å². The molecule has 0 spiro atoms. The molecule has 1 amide bonds. The van der Waals surface area contributed by atoms with Gasteiger partial charge in [-0.25, -0.2) is 25.3 Å². The first-order valence-electron chi connectivity index (χ1n) is 13.1. The summed E-state index contributed by atoms with van der Waals surface area (Å²) < 4.78 is 121. The molecule has 42 heavy (non-hydrogen) atoms. The summed E-state index contributed by atoms with van der Waals surface area (Å²) in [6.07, 6.45) is -1.44. The van der Waals surface area contributed by atoms with Crippen LogP contribution in [-0.4, -0.2) is 72.5 Å². The minimum Gasteiger partial charge on any atom is -0.489 e. The second-order valence-corrected chi connectivity index (χ2v) is 17.9. The summed E-state index contributed by atoms with van der Waals surface area (Å²) in [5, 5.41) is 0. The molecule has 2 aromatic carbocycles. The van der Waals surface area contributed by atoms with Crippen LogP contribution in [0.1, 0.15) is 55.5 Å². The van der Waals surface area contributed by atoms with E-state index in [0.717, 1.165) is 42.8 Å². The Morgan fingerprint density at radius 1 is 0.857 bits per heavy atom. The Morgan fingerprint density at radius 2 is 1.43 bits per heavy atom. The molecule has 15 heteroatoms. The standard InChI is InChI=1S/C27H32F3NO8S3/c1-26(2,42(37,38)20-7-5-6-18(14-20)27(28,29)30)17-10-12-31(13-11-17)25(32)21-15-24(41(4,35)36)22(39-19-8-9-19)16-23(21)40(3,33)34/h5-7,14-17,19H,8-13H2,1-4H3. The van der Waals surface area contributed by atoms with Crippen LogP contribution in [-0.2, 0) is 35.7 Å². The molecular weight excluding hydrogens is 619 g/mol. The van der Waals surface area contributed by atoms with Crippen LogP contribution in [0.15, 0.2) is 51.1 Å². The highest BCUT2D eigenvalue weighted by molar-refractivity contribution is 7.93. The molecular formula is C27H32F3NO8S3. The number of benzene rings is 2. The minimum absolute atomic E-state index is 0.0166. The third kappa shape index (κ3) is 6.47. The molecule has 0 atom stereocenters. The number of halogens is 3. The van der Waals surface area contributed by atoms with Gasteiger partial charge in [0.05, 0.1) is 31.8 Å². The first-order valence-corrected chi connectivity index (χ1v) is 18.4. The average molecular weight is 652 g/mol. The SMILES string of the molecule is CC(C)(C1CCN(C(=O)c2cc(S(C)(=O)=O)c(OC3CC3)cc2S(C)(=O)=O)CC1)S(=O)(=O)c1cccc(C(F)(F)F)c1. The zero-order valence-corrected chi connectivity index (χ0v) is 25.9. The minimum atomic E-state index is -4.72. The monoisotopic (exact) mass is 651 g/mol. The van der Waals surface area contributed by atoms with E-state index in [0.29, 0.717) is 18.9 Å². The van der Waals surface area contributed by atoms with Crippen molar-refractivity contribution in [2.75, 3.05) is 25.6 Å². The van der Waals surface area contributed by atoms with Crippen LogP contribution in [0.5, 0.6) is 5.75 Å². The van der Waals surface area contributed by atoms with E-state index in [9.17, 15) is 43.2 Å². The molecule has 0 unspecified atom stereocenters. The quantitative estimate of drug-likeness (QED) is 0.416. The number of nitrogens with zero attached hydrogens (tertiary/aromatic N) is 1. The normalized spacial score (nSPS) is 17.7. The van der Waals surface area contributed by atoms with Crippen molar-refractivity contribution in [1.82, 2.24) is 4.90 Å². The fraction of sp³-hybridized carbons (Fsp3) is 0.519. The lowest BCUT2D eigenvalue weighted by atomic mass is 9.85. The number of hydrogen-bond donors (Lipinski definition) is 0. The lowest BCUT2D eigenvalue weighted by molar-refractivity contribution is -0.137. The van der Waals surface area contributed by atoms with Crippen LogP contribution < -0.4 is 4.74 Å². The molecule has 1 aliphatic carbocycles. The molecule has 2 aliphatic rings. The van der Waals surface area contributed by atoms with Crippen LogP contribution in [0.2, 0.25) is 0 Å². The number of ether oxygens (including phenoxy) is 1. The van der Waals surface area contributed by atoms with E-state index in [4.69, 9.17) is 4.74 Å². The summed E-state index contributed by atoms with van der Waals surface area (Å²) >= 11 is 0. The second-order valence-electron chi connectivity index (χ2n) is 11.4. The van der Waals surface area contributed by atoms with E-state index < -0.39 is 62.7 Å². The number of piperidine rings is 1. The maximum absolute atomic E-state index is 13.6. The van der Waals surface area contributed by atoms with Crippen LogP contribution in [0.4, 0.5) is 13.2 Å². The number of carbonyl (C=O) groups is 1. The Labute approximate surface area is 243 Å². The Kier molecular flexibility index (Phi) is 8.30. The third-order valence-corrected chi connectivity index (χ3v) is 12.7. The van der Waals surface area contributed by atoms with Gasteiger partial charge in [-0.15, -0.1) is 0 Å². The predicted molar refractivity (Wildman–Crippen MR) is 148 cm³/mol. The van der Waals surface area contributed by atoms with Crippen molar-refractivity contribution in [3.63, 3.8) is 0 Å². The molecule has 0 aromatic heterocycles. The van der Waals surface area contributed by atoms with Gasteiger partial charge in [0.2, 0.25) is 0 Å². The molecule has 2 fully saturated rings. The molecule has 1 saturated carbocycles. The van der Waals surface area contributed by atoms with Crippen molar-refractivity contribution < 1.29 is 48.0 Å². The first kappa shape index (κ1) is 32.3. The number of alkyl halides is 3. The number of hydrogen-bond acceptors (Lipinski definition) is 8. The molecule has 1 saturated heterocycles. The lowest BCUT2D eigenvalue weighted by Crippen LogP contribution is -2.47. The van der Waals surface area contributed by atoms with Gasteiger partial charge in [-0.05, 0) is 69.7 Å². The van der Waals surface area contributed by atoms with Crippen molar-refractivity contribution in [3.8, 4) is 5.75 Å². The van der Waals surface area contributed by atoms with E-state index in [1.54, 1.807) is 0 Å². The summed E-state index contributed by atoms with van der Waals surface area (Å²) in [7, 11) is -12.1. The van der Waals surface area contributed by atoms with E-state index in [2.05, 4.69) is 0 Å². The zero-order chi connectivity index (χ0) is 31.5. The third-order valence-electron chi connectivity index (χ3n) is 7.82. The van der Waals surface area contributed by atoms with E-state index in [1.165, 1.54) is 18.7 Å². The van der Waals surface area contributed by atoms with E-state index >= 15 is 0 Å². The highest BCUT2D eigenvalue weighted by Gasteiger charge is 2.45. The van der Waals surface area contributed by atoms with E-state index in [-0.39, 0.29) is 53.1 Å². The van der Waals surface area contributed by atoms with Gasteiger partial charge in [0.1, 0.15) is 10.6 Å². The van der Waals surface area contributed by atoms with Gasteiger partial charge in [-0.1, -0.05) is 6.07 Å². The lowest BCUT2D eigenvalue weighted by Gasteiger charge is -2.40. The van der Waals surface area contributed by atoms with Crippen molar-refractivity contribution in [2.24, 2.45) is 5.92 Å². The molecule has 0 bridgehead atoms. The fourth-order valence-corrected chi connectivity index (χ4v) is 8.57. The predicted octanol–water partition coefficient (Wildman–Crippen LogP) is 4.16. The largest absolute Gasteiger partial charge is 0.489 e. The summed E-state index contributed by atoms with van der Waals surface area (Å²) in [5.74, 6) is -1.43. The van der Waals surface area contributed by atoms with Crippen molar-refractivity contribution in [3.05, 3.63) is 47.5 Å². The Bertz CT molecular complexity index is 1720. The molecule has 1 heterocycles. The molecule has 4 rings (SSSR count). The molecule has 9 nitrogen and oxygen atoms in total. The number of likely N-dealkylation sites (tertiary alicyclic amines) is 1. The Balaban J connectivity index is 1.61. The number of amides is 1. The molecule has 232 valence electrons. The molecule has 1 aliphatic heterocycles. The summed E-state index contributed by atoms with van der Waals surface area (Å²) in [5.41, 5.74) is -1.42. The highest BCUT2D eigenvalue weighted by atomic mass is 32.2. The summed E-state index contributed by atoms with van der Waals surface area (Å²) in [6, 6.07) is 5.64. The highest BCUT2D eigenvalue weighted by Crippen LogP contribution is 2.41. The maximum atomic E-state index is 13.6. The summed E-state index contributed by atoms with van der Waals surface area (Å²) in [4.78, 5) is 13.8. The van der Waals surface area contributed by atoms with Gasteiger partial charge >= 0.3 is 6.18 Å². The van der Waals surface area contributed by atoms with E-state index in [1.807, 2.05) is 0 Å². The Morgan fingerprint density at radius 3 is 1.93 bits per heavy atom. The topological polar surface area (TPSA) is 132 Å². The van der Waals surface area contributed by atoms with Crippen molar-refractivity contribution in [1.29, 1.82) is 0 Å². The Hall–Kier alpha value is -2.65. The second kappa shape index (κ2) is 10.8. The van der Waals surface area contributed by atoms with Crippen LogP contribution in [0.25, 0.3) is 0 Å². The number of sulfone groups is 3. The number of rotatable bonds is 8. The van der Waals surface area contributed by atoms with Crippen LogP contribution in [0.3, 0.4) is 0 Å². The first-order chi connectivity index (χ1) is 19.1. The van der Waals surface area contributed by atoms with Gasteiger partial charge in [0.25, 0.3) is 5.91 Å². The van der Waals surface area contributed by atoms with Gasteiger partial charge in [-0.2, -0.15) is 13.2 Å². The van der Waals surface area contributed by atoms with Crippen molar-refractivity contribution in [2.45, 2.75) is 71.2 Å².